The van der Waals surface area contributed by atoms with Gasteiger partial charge in [0.1, 0.15) is 0 Å². The summed E-state index contributed by atoms with van der Waals surface area (Å²) < 4.78 is 5.23. The Morgan fingerprint density at radius 2 is 2.17 bits per heavy atom. The lowest BCUT2D eigenvalue weighted by atomic mass is 10.1. The average Bonchev–Trinajstić information content (AvgIpc) is 1.99. The van der Waals surface area contributed by atoms with Crippen molar-refractivity contribution < 1.29 is 9.84 Å². The summed E-state index contributed by atoms with van der Waals surface area (Å²) >= 11 is 3.96. The molecule has 0 rings (SSSR count). The molecule has 4 nitrogen and oxygen atoms in total. The van der Waals surface area contributed by atoms with Gasteiger partial charge in [0.05, 0.1) is 11.5 Å². The van der Waals surface area contributed by atoms with Crippen molar-refractivity contribution in [3.63, 3.8) is 0 Å². The number of rotatable bonds is 5. The zero-order valence-corrected chi connectivity index (χ0v) is 8.42. The second kappa shape index (κ2) is 5.04. The van der Waals surface area contributed by atoms with E-state index in [4.69, 9.17) is 16.2 Å². The van der Waals surface area contributed by atoms with Crippen LogP contribution < -0.4 is 11.5 Å². The molecule has 0 bridgehead atoms. The maximum absolute atomic E-state index is 9.29. The topological polar surface area (TPSA) is 81.5 Å². The van der Waals surface area contributed by atoms with Crippen LogP contribution in [0.4, 0.5) is 0 Å². The minimum atomic E-state index is -1.25. The second-order valence-electron chi connectivity index (χ2n) is 2.82. The van der Waals surface area contributed by atoms with E-state index in [9.17, 15) is 5.11 Å². The Hall–Kier alpha value is 0.190. The third kappa shape index (κ3) is 2.91. The van der Waals surface area contributed by atoms with Gasteiger partial charge in [-0.15, -0.1) is 0 Å². The summed E-state index contributed by atoms with van der Waals surface area (Å²) in [6.07, 6.45) is -0.0110. The van der Waals surface area contributed by atoms with Crippen LogP contribution in [0.1, 0.15) is 20.3 Å². The molecule has 0 saturated carbocycles. The highest BCUT2D eigenvalue weighted by molar-refractivity contribution is 7.81. The molecule has 74 valence electrons. The van der Waals surface area contributed by atoms with Crippen molar-refractivity contribution in [1.82, 2.24) is 0 Å². The number of nitrogens with two attached hydrogens (primary N) is 2. The fraction of sp³-hybridized carbons (Fsp3) is 1.00. The van der Waals surface area contributed by atoms with Crippen LogP contribution in [0.5, 0.6) is 0 Å². The highest BCUT2D eigenvalue weighted by Crippen LogP contribution is 2.15. The molecule has 0 aliphatic carbocycles. The van der Waals surface area contributed by atoms with Gasteiger partial charge in [0.25, 0.3) is 0 Å². The van der Waals surface area contributed by atoms with E-state index in [0.717, 1.165) is 6.42 Å². The first-order chi connectivity index (χ1) is 5.45. The van der Waals surface area contributed by atoms with Gasteiger partial charge in [0, 0.05) is 6.61 Å². The first kappa shape index (κ1) is 12.2. The lowest BCUT2D eigenvalue weighted by Gasteiger charge is -2.35. The molecule has 0 aliphatic rings. The van der Waals surface area contributed by atoms with Crippen molar-refractivity contribution in [2.24, 2.45) is 11.5 Å². The molecule has 2 unspecified atom stereocenters. The Morgan fingerprint density at radius 1 is 1.67 bits per heavy atom. The number of aliphatic hydroxyl groups excluding tert-OH is 1. The standard InChI is InChI=1S/C7H18N2O2S/c1-3-4-11-7(9,5(2)10)6(8)12/h5-6,10,12H,3-4,8-9H2,1-2H3/t5?,6?,7-/m0/s1. The van der Waals surface area contributed by atoms with Crippen LogP contribution in [0.25, 0.3) is 0 Å². The molecule has 0 aromatic rings. The molecule has 0 aliphatic heterocycles. The zero-order chi connectivity index (χ0) is 9.78. The van der Waals surface area contributed by atoms with Crippen LogP contribution in [0.15, 0.2) is 0 Å². The minimum absolute atomic E-state index is 0.468. The maximum atomic E-state index is 9.29. The molecular weight excluding hydrogens is 176 g/mol. The van der Waals surface area contributed by atoms with Gasteiger partial charge in [-0.05, 0) is 13.3 Å². The van der Waals surface area contributed by atoms with E-state index in [1.165, 1.54) is 6.92 Å². The molecule has 3 atom stereocenters. The second-order valence-corrected chi connectivity index (χ2v) is 3.38. The smallest absolute Gasteiger partial charge is 0.166 e. The summed E-state index contributed by atoms with van der Waals surface area (Å²) in [5.74, 6) is 0. The van der Waals surface area contributed by atoms with Gasteiger partial charge in [-0.3, -0.25) is 5.73 Å². The van der Waals surface area contributed by atoms with Gasteiger partial charge in [-0.1, -0.05) is 6.92 Å². The molecule has 0 heterocycles. The van der Waals surface area contributed by atoms with E-state index in [2.05, 4.69) is 12.6 Å². The van der Waals surface area contributed by atoms with Gasteiger partial charge in [0.2, 0.25) is 0 Å². The zero-order valence-electron chi connectivity index (χ0n) is 7.53. The van der Waals surface area contributed by atoms with Crippen LogP contribution >= 0.6 is 12.6 Å². The molecule has 0 fully saturated rings. The first-order valence-electron chi connectivity index (χ1n) is 3.99. The van der Waals surface area contributed by atoms with Crippen LogP contribution in [0.3, 0.4) is 0 Å². The maximum Gasteiger partial charge on any atom is 0.166 e. The van der Waals surface area contributed by atoms with E-state index in [1.54, 1.807) is 0 Å². The third-order valence-corrected chi connectivity index (χ3v) is 2.07. The predicted octanol–water partition coefficient (Wildman–Crippen LogP) is -0.337. The average molecular weight is 194 g/mol. The van der Waals surface area contributed by atoms with Crippen LogP contribution in [0.2, 0.25) is 0 Å². The summed E-state index contributed by atoms with van der Waals surface area (Å²) in [7, 11) is 0. The molecule has 0 amide bonds. The normalized spacial score (nSPS) is 21.5. The molecule has 5 N–H and O–H groups in total. The Labute approximate surface area is 78.7 Å². The van der Waals surface area contributed by atoms with Crippen molar-refractivity contribution in [3.8, 4) is 0 Å². The van der Waals surface area contributed by atoms with Gasteiger partial charge in [-0.2, -0.15) is 12.6 Å². The van der Waals surface area contributed by atoms with Crippen molar-refractivity contribution >= 4 is 12.6 Å². The molecular formula is C7H18N2O2S. The van der Waals surface area contributed by atoms with E-state index in [1.807, 2.05) is 6.92 Å². The molecule has 0 spiro atoms. The monoisotopic (exact) mass is 194 g/mol. The number of ether oxygens (including phenoxy) is 1. The van der Waals surface area contributed by atoms with Gasteiger partial charge in [0.15, 0.2) is 5.72 Å². The van der Waals surface area contributed by atoms with Crippen LogP contribution in [-0.4, -0.2) is 28.9 Å². The molecule has 5 heteroatoms. The predicted molar refractivity (Wildman–Crippen MR) is 51.8 cm³/mol. The van der Waals surface area contributed by atoms with E-state index < -0.39 is 17.2 Å². The molecule has 0 saturated heterocycles. The highest BCUT2D eigenvalue weighted by atomic mass is 32.1. The summed E-state index contributed by atoms with van der Waals surface area (Å²) in [6, 6.07) is 0. The lowest BCUT2D eigenvalue weighted by molar-refractivity contribution is -0.113. The fourth-order valence-electron chi connectivity index (χ4n) is 0.732. The number of hydrogen-bond donors (Lipinski definition) is 4. The molecule has 0 aromatic carbocycles. The van der Waals surface area contributed by atoms with Crippen LogP contribution in [-0.2, 0) is 4.74 Å². The van der Waals surface area contributed by atoms with E-state index in [0.29, 0.717) is 6.61 Å². The van der Waals surface area contributed by atoms with Gasteiger partial charge in [-0.25, -0.2) is 0 Å². The fourth-order valence-corrected chi connectivity index (χ4v) is 1.02. The third-order valence-electron chi connectivity index (χ3n) is 1.67. The van der Waals surface area contributed by atoms with Crippen molar-refractivity contribution in [2.75, 3.05) is 6.61 Å². The number of aliphatic hydroxyl groups is 1. The summed E-state index contributed by atoms with van der Waals surface area (Å²) in [5, 5.41) is 8.60. The van der Waals surface area contributed by atoms with E-state index >= 15 is 0 Å². The minimum Gasteiger partial charge on any atom is -0.389 e. The molecule has 12 heavy (non-hydrogen) atoms. The summed E-state index contributed by atoms with van der Waals surface area (Å²) in [5.41, 5.74) is 9.91. The van der Waals surface area contributed by atoms with Crippen molar-refractivity contribution in [2.45, 2.75) is 37.5 Å². The lowest BCUT2D eigenvalue weighted by Crippen LogP contribution is -2.61. The Kier molecular flexibility index (Phi) is 5.12. The first-order valence-corrected chi connectivity index (χ1v) is 4.51. The van der Waals surface area contributed by atoms with Crippen molar-refractivity contribution in [3.05, 3.63) is 0 Å². The van der Waals surface area contributed by atoms with Crippen molar-refractivity contribution in [1.29, 1.82) is 0 Å². The number of hydrogen-bond acceptors (Lipinski definition) is 5. The Morgan fingerprint density at radius 3 is 2.42 bits per heavy atom. The Bertz CT molecular complexity index is 123. The summed E-state index contributed by atoms with van der Waals surface area (Å²) in [4.78, 5) is 0. The van der Waals surface area contributed by atoms with E-state index in [-0.39, 0.29) is 0 Å². The molecule has 0 radical (unpaired) electrons. The molecule has 0 aromatic heterocycles. The largest absolute Gasteiger partial charge is 0.389 e. The van der Waals surface area contributed by atoms with Gasteiger partial charge < -0.3 is 15.6 Å². The summed E-state index contributed by atoms with van der Waals surface area (Å²) in [6.45, 7) is 3.95. The Balaban J connectivity index is 4.19. The van der Waals surface area contributed by atoms with Gasteiger partial charge >= 0.3 is 0 Å². The quantitative estimate of drug-likeness (QED) is 0.356. The highest BCUT2D eigenvalue weighted by Gasteiger charge is 2.36. The SMILES string of the molecule is CCCO[C@@](N)(C(C)O)C(N)S. The number of thiol groups is 1. The van der Waals surface area contributed by atoms with Crippen LogP contribution in [0, 0.1) is 0 Å².